The van der Waals surface area contributed by atoms with Gasteiger partial charge in [0.15, 0.2) is 0 Å². The molecule has 3 N–H and O–H groups in total. The maximum absolute atomic E-state index is 13.3. The summed E-state index contributed by atoms with van der Waals surface area (Å²) in [6.07, 6.45) is 0.166. The van der Waals surface area contributed by atoms with E-state index in [2.05, 4.69) is 5.32 Å². The van der Waals surface area contributed by atoms with Gasteiger partial charge in [-0.2, -0.15) is 0 Å². The number of amides is 2. The van der Waals surface area contributed by atoms with Crippen molar-refractivity contribution in [3.05, 3.63) is 94.0 Å². The Kier molecular flexibility index (Phi) is 5.62. The van der Waals surface area contributed by atoms with E-state index >= 15 is 0 Å². The van der Waals surface area contributed by atoms with Gasteiger partial charge < -0.3 is 11.1 Å². The first-order valence-electron chi connectivity index (χ1n) is 9.38. The smallest absolute Gasteiger partial charge is 0.253 e. The molecule has 0 aliphatic rings. The normalized spacial score (nSPS) is 12.1. The predicted octanol–water partition coefficient (Wildman–Crippen LogP) is 5.13. The van der Waals surface area contributed by atoms with E-state index in [1.807, 2.05) is 54.6 Å². The maximum Gasteiger partial charge on any atom is 0.253 e. The fraction of sp³-hybridized carbons (Fsp3) is 0.0833. The van der Waals surface area contributed by atoms with Gasteiger partial charge in [0.05, 0.1) is 5.56 Å². The van der Waals surface area contributed by atoms with Crippen molar-refractivity contribution in [2.45, 2.75) is 12.5 Å². The lowest BCUT2D eigenvalue weighted by Crippen LogP contribution is -2.46. The first kappa shape index (κ1) is 20.2. The molecule has 2 amide bonds. The van der Waals surface area contributed by atoms with Crippen LogP contribution in [0.4, 0.5) is 0 Å². The van der Waals surface area contributed by atoms with Crippen LogP contribution in [0.25, 0.3) is 21.5 Å². The molecule has 0 saturated heterocycles. The molecule has 0 aliphatic heterocycles. The molecular weight excluding hydrogens is 419 g/mol. The predicted molar refractivity (Wildman–Crippen MR) is 122 cm³/mol. The zero-order chi connectivity index (χ0) is 21.3. The van der Waals surface area contributed by atoms with Crippen LogP contribution in [0.5, 0.6) is 0 Å². The molecule has 150 valence electrons. The summed E-state index contributed by atoms with van der Waals surface area (Å²) in [6.45, 7) is 0. The van der Waals surface area contributed by atoms with Crippen molar-refractivity contribution in [3.63, 3.8) is 0 Å². The topological polar surface area (TPSA) is 72.2 Å². The molecule has 4 nitrogen and oxygen atoms in total. The van der Waals surface area contributed by atoms with Crippen molar-refractivity contribution in [2.24, 2.45) is 5.73 Å². The van der Waals surface area contributed by atoms with Crippen LogP contribution in [0.3, 0.4) is 0 Å². The second-order valence-corrected chi connectivity index (χ2v) is 7.91. The van der Waals surface area contributed by atoms with Crippen LogP contribution in [0.15, 0.2) is 72.8 Å². The number of fused-ring (bicyclic) bond motifs is 2. The van der Waals surface area contributed by atoms with Crippen LogP contribution >= 0.6 is 23.2 Å². The second kappa shape index (κ2) is 8.34. The number of benzene rings is 4. The number of primary amides is 1. The highest BCUT2D eigenvalue weighted by atomic mass is 35.5. The number of carbonyl (C=O) groups is 2. The largest absolute Gasteiger partial charge is 0.368 e. The summed E-state index contributed by atoms with van der Waals surface area (Å²) in [6, 6.07) is 21.4. The van der Waals surface area contributed by atoms with Gasteiger partial charge in [0.2, 0.25) is 5.91 Å². The summed E-state index contributed by atoms with van der Waals surface area (Å²) in [4.78, 5) is 25.5. The van der Waals surface area contributed by atoms with Gasteiger partial charge in [-0.25, -0.2) is 0 Å². The lowest BCUT2D eigenvalue weighted by molar-refractivity contribution is -0.119. The Hall–Kier alpha value is -3.08. The Morgan fingerprint density at radius 3 is 2.03 bits per heavy atom. The van der Waals surface area contributed by atoms with Crippen molar-refractivity contribution >= 4 is 56.6 Å². The van der Waals surface area contributed by atoms with Crippen LogP contribution in [-0.2, 0) is 11.2 Å². The molecule has 0 radical (unpaired) electrons. The number of nitrogens with two attached hydrogens (primary N) is 1. The van der Waals surface area contributed by atoms with Crippen molar-refractivity contribution in [1.29, 1.82) is 0 Å². The molecule has 0 aliphatic carbocycles. The van der Waals surface area contributed by atoms with E-state index in [0.29, 0.717) is 21.2 Å². The van der Waals surface area contributed by atoms with E-state index in [0.717, 1.165) is 21.5 Å². The number of rotatable bonds is 5. The summed E-state index contributed by atoms with van der Waals surface area (Å²) in [5, 5.41) is 7.21. The van der Waals surface area contributed by atoms with Crippen molar-refractivity contribution in [3.8, 4) is 0 Å². The molecule has 0 spiro atoms. The number of carbonyl (C=O) groups excluding carboxylic acids is 2. The first-order chi connectivity index (χ1) is 14.4. The van der Waals surface area contributed by atoms with Crippen molar-refractivity contribution in [1.82, 2.24) is 5.32 Å². The molecule has 0 unspecified atom stereocenters. The Morgan fingerprint density at radius 2 is 1.47 bits per heavy atom. The number of nitrogens with one attached hydrogen (secondary N) is 1. The van der Waals surface area contributed by atoms with E-state index < -0.39 is 11.9 Å². The molecule has 6 heteroatoms. The van der Waals surface area contributed by atoms with Crippen LogP contribution in [0, 0.1) is 0 Å². The van der Waals surface area contributed by atoms with Gasteiger partial charge >= 0.3 is 0 Å². The van der Waals surface area contributed by atoms with E-state index in [4.69, 9.17) is 28.9 Å². The molecule has 0 bridgehead atoms. The highest BCUT2D eigenvalue weighted by Crippen LogP contribution is 2.29. The van der Waals surface area contributed by atoms with Crippen LogP contribution < -0.4 is 11.1 Å². The monoisotopic (exact) mass is 436 g/mol. The minimum Gasteiger partial charge on any atom is -0.368 e. The Labute approximate surface area is 183 Å². The molecule has 4 aromatic rings. The quantitative estimate of drug-likeness (QED) is 0.425. The zero-order valence-electron chi connectivity index (χ0n) is 15.9. The van der Waals surface area contributed by atoms with Crippen LogP contribution in [0.1, 0.15) is 15.9 Å². The molecule has 0 saturated carbocycles. The average Bonchev–Trinajstić information content (AvgIpc) is 2.73. The van der Waals surface area contributed by atoms with Crippen LogP contribution in [-0.4, -0.2) is 17.9 Å². The van der Waals surface area contributed by atoms with Gasteiger partial charge in [0, 0.05) is 16.5 Å². The van der Waals surface area contributed by atoms with Gasteiger partial charge in [-0.05, 0) is 45.3 Å². The number of halogens is 2. The number of hydrogen-bond acceptors (Lipinski definition) is 2. The van der Waals surface area contributed by atoms with Crippen molar-refractivity contribution in [2.75, 3.05) is 0 Å². The van der Waals surface area contributed by atoms with Gasteiger partial charge in [-0.15, -0.1) is 0 Å². The summed E-state index contributed by atoms with van der Waals surface area (Å²) in [5.41, 5.74) is 6.78. The standard InChI is InChI=1S/C24H18Cl2N2O2/c25-17-10-9-16(20(26)13-17)12-21(23(27)29)28-24(30)22-18-7-3-1-5-14(18)11-15-6-2-4-8-19(15)22/h1-11,13,21H,12H2,(H2,27,29)(H,28,30)/t21-/m1/s1. The summed E-state index contributed by atoms with van der Waals surface area (Å²) in [7, 11) is 0. The van der Waals surface area contributed by atoms with Crippen LogP contribution in [0.2, 0.25) is 10.0 Å². The highest BCUT2D eigenvalue weighted by Gasteiger charge is 2.23. The molecule has 1 atom stereocenters. The molecule has 4 rings (SSSR count). The number of hydrogen-bond donors (Lipinski definition) is 2. The Balaban J connectivity index is 1.74. The lowest BCUT2D eigenvalue weighted by atomic mass is 9.95. The lowest BCUT2D eigenvalue weighted by Gasteiger charge is -2.18. The Morgan fingerprint density at radius 1 is 0.867 bits per heavy atom. The molecule has 30 heavy (non-hydrogen) atoms. The Bertz CT molecular complexity index is 1230. The minimum atomic E-state index is -0.922. The minimum absolute atomic E-state index is 0.166. The molecule has 0 fully saturated rings. The average molecular weight is 437 g/mol. The summed E-state index contributed by atoms with van der Waals surface area (Å²) in [5.74, 6) is -1.00. The SMILES string of the molecule is NC(=O)[C@@H](Cc1ccc(Cl)cc1Cl)NC(=O)c1c2ccccc2cc2ccccc12. The highest BCUT2D eigenvalue weighted by molar-refractivity contribution is 6.35. The zero-order valence-corrected chi connectivity index (χ0v) is 17.4. The maximum atomic E-state index is 13.3. The molecular formula is C24H18Cl2N2O2. The van der Waals surface area contributed by atoms with E-state index in [1.165, 1.54) is 0 Å². The molecule has 0 aromatic heterocycles. The van der Waals surface area contributed by atoms with Gasteiger partial charge in [0.25, 0.3) is 5.91 Å². The second-order valence-electron chi connectivity index (χ2n) is 7.06. The van der Waals surface area contributed by atoms with Crippen molar-refractivity contribution < 1.29 is 9.59 Å². The first-order valence-corrected chi connectivity index (χ1v) is 10.1. The molecule has 0 heterocycles. The van der Waals surface area contributed by atoms with E-state index in [1.54, 1.807) is 18.2 Å². The third-order valence-corrected chi connectivity index (χ3v) is 5.67. The molecule has 4 aromatic carbocycles. The summed E-state index contributed by atoms with van der Waals surface area (Å²) >= 11 is 12.2. The van der Waals surface area contributed by atoms with E-state index in [-0.39, 0.29) is 12.3 Å². The fourth-order valence-electron chi connectivity index (χ4n) is 3.62. The van der Waals surface area contributed by atoms with E-state index in [9.17, 15) is 9.59 Å². The van der Waals surface area contributed by atoms with Gasteiger partial charge in [-0.3, -0.25) is 9.59 Å². The van der Waals surface area contributed by atoms with Gasteiger partial charge in [0.1, 0.15) is 6.04 Å². The fourth-order valence-corrected chi connectivity index (χ4v) is 4.10. The third-order valence-electron chi connectivity index (χ3n) is 5.09. The van der Waals surface area contributed by atoms with Gasteiger partial charge in [-0.1, -0.05) is 77.8 Å². The summed E-state index contributed by atoms with van der Waals surface area (Å²) < 4.78 is 0. The third kappa shape index (κ3) is 3.97.